The molecule has 35 heavy (non-hydrogen) atoms. The quantitative estimate of drug-likeness (QED) is 0.473. The van der Waals surface area contributed by atoms with Gasteiger partial charge in [-0.05, 0) is 42.7 Å². The molecule has 192 valence electrons. The number of hydrogen-bond donors (Lipinski definition) is 1. The number of halogens is 2. The number of carbonyl (C=O) groups is 2. The van der Waals surface area contributed by atoms with Crippen LogP contribution >= 0.6 is 0 Å². The van der Waals surface area contributed by atoms with Crippen LogP contribution in [-0.4, -0.2) is 57.6 Å². The molecule has 1 atom stereocenters. The molecule has 8 nitrogen and oxygen atoms in total. The minimum Gasteiger partial charge on any atom is -0.497 e. The number of hydrogen-bond acceptors (Lipinski definition) is 5. The highest BCUT2D eigenvalue weighted by atomic mass is 32.2. The Bertz CT molecular complexity index is 1130. The van der Waals surface area contributed by atoms with E-state index in [1.165, 1.54) is 12.0 Å². The Kier molecular flexibility index (Phi) is 10.00. The number of anilines is 1. The Labute approximate surface area is 204 Å². The Hall–Kier alpha value is -3.21. The molecule has 0 spiro atoms. The predicted octanol–water partition coefficient (Wildman–Crippen LogP) is 3.07. The van der Waals surface area contributed by atoms with Crippen molar-refractivity contribution in [3.05, 3.63) is 59.7 Å². The summed E-state index contributed by atoms with van der Waals surface area (Å²) in [5.41, 5.74) is 0.493. The second-order valence-electron chi connectivity index (χ2n) is 7.95. The second kappa shape index (κ2) is 12.5. The number of amides is 2. The summed E-state index contributed by atoms with van der Waals surface area (Å²) in [5, 5.41) is 2.78. The number of benzene rings is 2. The van der Waals surface area contributed by atoms with Gasteiger partial charge >= 0.3 is 0 Å². The molecular weight excluding hydrogens is 480 g/mol. The zero-order chi connectivity index (χ0) is 26.2. The summed E-state index contributed by atoms with van der Waals surface area (Å²) in [6.45, 7) is 3.39. The molecule has 0 aliphatic carbocycles. The van der Waals surface area contributed by atoms with Gasteiger partial charge in [-0.15, -0.1) is 0 Å². The van der Waals surface area contributed by atoms with E-state index in [1.807, 2.05) is 6.92 Å². The number of rotatable bonds is 12. The average molecular weight is 512 g/mol. The number of nitrogens with one attached hydrogen (secondary N) is 1. The van der Waals surface area contributed by atoms with Crippen molar-refractivity contribution in [3.8, 4) is 5.75 Å². The largest absolute Gasteiger partial charge is 0.497 e. The third-order valence-corrected chi connectivity index (χ3v) is 6.46. The fourth-order valence-electron chi connectivity index (χ4n) is 3.47. The summed E-state index contributed by atoms with van der Waals surface area (Å²) in [4.78, 5) is 27.6. The third-order valence-electron chi connectivity index (χ3n) is 5.32. The molecule has 0 bridgehead atoms. The first kappa shape index (κ1) is 28.0. The van der Waals surface area contributed by atoms with E-state index in [0.717, 1.165) is 18.4 Å². The van der Waals surface area contributed by atoms with Crippen LogP contribution in [0.25, 0.3) is 0 Å². The Morgan fingerprint density at radius 2 is 1.71 bits per heavy atom. The van der Waals surface area contributed by atoms with Crippen molar-refractivity contribution in [1.29, 1.82) is 0 Å². The molecule has 2 aromatic carbocycles. The van der Waals surface area contributed by atoms with Gasteiger partial charge in [-0.25, -0.2) is 17.2 Å². The van der Waals surface area contributed by atoms with Crippen molar-refractivity contribution in [2.75, 3.05) is 30.8 Å². The summed E-state index contributed by atoms with van der Waals surface area (Å²) >= 11 is 0. The van der Waals surface area contributed by atoms with E-state index in [1.54, 1.807) is 31.2 Å². The zero-order valence-electron chi connectivity index (χ0n) is 20.3. The van der Waals surface area contributed by atoms with Gasteiger partial charge in [0.1, 0.15) is 18.3 Å². The van der Waals surface area contributed by atoms with Crippen LogP contribution in [0.3, 0.4) is 0 Å². The SMILES string of the molecule is CCCNC(=O)[C@H](CC)N(Cc1ccc(OC)cc1)C(=O)CN(c1ccc(F)c(F)c1)S(C)(=O)=O. The number of sulfonamides is 1. The Morgan fingerprint density at radius 1 is 1.06 bits per heavy atom. The highest BCUT2D eigenvalue weighted by Gasteiger charge is 2.31. The Morgan fingerprint density at radius 3 is 2.23 bits per heavy atom. The van der Waals surface area contributed by atoms with E-state index in [2.05, 4.69) is 5.32 Å². The minimum atomic E-state index is -4.05. The van der Waals surface area contributed by atoms with Crippen LogP contribution in [0.4, 0.5) is 14.5 Å². The van der Waals surface area contributed by atoms with Crippen LogP contribution in [0.5, 0.6) is 5.75 Å². The van der Waals surface area contributed by atoms with Gasteiger partial charge in [0.15, 0.2) is 11.6 Å². The van der Waals surface area contributed by atoms with Crippen LogP contribution in [0, 0.1) is 11.6 Å². The molecule has 0 saturated heterocycles. The van der Waals surface area contributed by atoms with Gasteiger partial charge in [0.05, 0.1) is 19.1 Å². The molecule has 0 saturated carbocycles. The summed E-state index contributed by atoms with van der Waals surface area (Å²) in [7, 11) is -2.52. The zero-order valence-corrected chi connectivity index (χ0v) is 21.1. The standard InChI is InChI=1S/C24H31F2N3O5S/c1-5-13-27-24(31)22(6-2)28(15-17-7-10-19(34-3)11-8-17)23(30)16-29(35(4,32)33)18-9-12-20(25)21(26)14-18/h7-12,14,22H,5-6,13,15-16H2,1-4H3,(H,27,31)/t22-/m0/s1. The summed E-state index contributed by atoms with van der Waals surface area (Å²) in [6, 6.07) is 8.59. The lowest BCUT2D eigenvalue weighted by atomic mass is 10.1. The second-order valence-corrected chi connectivity index (χ2v) is 9.86. The van der Waals surface area contributed by atoms with Crippen LogP contribution in [0.2, 0.25) is 0 Å². The number of methoxy groups -OCH3 is 1. The lowest BCUT2D eigenvalue weighted by molar-refractivity contribution is -0.140. The monoisotopic (exact) mass is 511 g/mol. The number of carbonyl (C=O) groups excluding carboxylic acids is 2. The maximum atomic E-state index is 13.8. The van der Waals surface area contributed by atoms with Crippen molar-refractivity contribution in [2.45, 2.75) is 39.3 Å². The third kappa shape index (κ3) is 7.64. The first-order chi connectivity index (χ1) is 16.5. The number of ether oxygens (including phenoxy) is 1. The smallest absolute Gasteiger partial charge is 0.244 e. The normalized spacial score (nSPS) is 12.1. The first-order valence-electron chi connectivity index (χ1n) is 11.1. The molecule has 1 N–H and O–H groups in total. The lowest BCUT2D eigenvalue weighted by Crippen LogP contribution is -2.52. The molecule has 0 fully saturated rings. The molecule has 0 aliphatic rings. The van der Waals surface area contributed by atoms with Gasteiger partial charge in [0.2, 0.25) is 21.8 Å². The molecule has 2 amide bonds. The van der Waals surface area contributed by atoms with E-state index < -0.39 is 40.2 Å². The van der Waals surface area contributed by atoms with E-state index in [-0.39, 0.29) is 24.6 Å². The van der Waals surface area contributed by atoms with Gasteiger partial charge in [-0.1, -0.05) is 26.0 Å². The van der Waals surface area contributed by atoms with Crippen LogP contribution in [-0.2, 0) is 26.2 Å². The topological polar surface area (TPSA) is 96.0 Å². The molecule has 0 aromatic heterocycles. The summed E-state index contributed by atoms with van der Waals surface area (Å²) < 4.78 is 58.0. The minimum absolute atomic E-state index is 0.0241. The van der Waals surface area contributed by atoms with E-state index >= 15 is 0 Å². The molecule has 2 rings (SSSR count). The van der Waals surface area contributed by atoms with Crippen molar-refractivity contribution < 1.29 is 31.5 Å². The lowest BCUT2D eigenvalue weighted by Gasteiger charge is -2.33. The van der Waals surface area contributed by atoms with Crippen LogP contribution in [0.1, 0.15) is 32.3 Å². The molecule has 11 heteroatoms. The van der Waals surface area contributed by atoms with Crippen molar-refractivity contribution in [1.82, 2.24) is 10.2 Å². The van der Waals surface area contributed by atoms with Gasteiger partial charge in [-0.2, -0.15) is 0 Å². The Balaban J connectivity index is 2.43. The summed E-state index contributed by atoms with van der Waals surface area (Å²) in [5.74, 6) is -2.82. The van der Waals surface area contributed by atoms with Gasteiger partial charge in [0.25, 0.3) is 0 Å². The molecule has 2 aromatic rings. The summed E-state index contributed by atoms with van der Waals surface area (Å²) in [6.07, 6.45) is 1.84. The first-order valence-corrected chi connectivity index (χ1v) is 13.0. The highest BCUT2D eigenvalue weighted by Crippen LogP contribution is 2.22. The van der Waals surface area contributed by atoms with Crippen molar-refractivity contribution in [3.63, 3.8) is 0 Å². The molecule has 0 aliphatic heterocycles. The maximum Gasteiger partial charge on any atom is 0.244 e. The van der Waals surface area contributed by atoms with Gasteiger partial charge in [0, 0.05) is 19.2 Å². The highest BCUT2D eigenvalue weighted by molar-refractivity contribution is 7.92. The molecule has 0 heterocycles. The fourth-order valence-corrected chi connectivity index (χ4v) is 4.31. The van der Waals surface area contributed by atoms with E-state index in [9.17, 15) is 26.8 Å². The van der Waals surface area contributed by atoms with Gasteiger partial charge < -0.3 is 15.0 Å². The predicted molar refractivity (Wildman–Crippen MR) is 129 cm³/mol. The van der Waals surface area contributed by atoms with Crippen molar-refractivity contribution >= 4 is 27.5 Å². The van der Waals surface area contributed by atoms with Crippen LogP contribution < -0.4 is 14.4 Å². The molecule has 0 radical (unpaired) electrons. The fraction of sp³-hybridized carbons (Fsp3) is 0.417. The molecular formula is C24H31F2N3O5S. The van der Waals surface area contributed by atoms with E-state index in [4.69, 9.17) is 4.74 Å². The van der Waals surface area contributed by atoms with Gasteiger partial charge in [-0.3, -0.25) is 13.9 Å². The van der Waals surface area contributed by atoms with Crippen LogP contribution in [0.15, 0.2) is 42.5 Å². The molecule has 0 unspecified atom stereocenters. The number of nitrogens with zero attached hydrogens (tertiary/aromatic N) is 2. The van der Waals surface area contributed by atoms with E-state index in [0.29, 0.717) is 34.7 Å². The average Bonchev–Trinajstić information content (AvgIpc) is 2.82. The van der Waals surface area contributed by atoms with Crippen molar-refractivity contribution in [2.24, 2.45) is 0 Å². The maximum absolute atomic E-state index is 13.8.